The van der Waals surface area contributed by atoms with Crippen LogP contribution in [0.1, 0.15) is 27.7 Å². The first-order valence-electron chi connectivity index (χ1n) is 10.3. The van der Waals surface area contributed by atoms with Gasteiger partial charge in [0.15, 0.2) is 0 Å². The zero-order chi connectivity index (χ0) is 24.5. The Kier molecular flexibility index (Phi) is 6.16. The van der Waals surface area contributed by atoms with Crippen LogP contribution in [0, 0.1) is 6.92 Å². The first-order chi connectivity index (χ1) is 16.2. The van der Waals surface area contributed by atoms with Crippen LogP contribution in [0.15, 0.2) is 61.1 Å². The molecule has 4 N–H and O–H groups in total. The van der Waals surface area contributed by atoms with E-state index in [9.17, 15) is 18.0 Å². The van der Waals surface area contributed by atoms with Gasteiger partial charge in [-0.3, -0.25) is 14.8 Å². The normalized spacial score (nSPS) is 12.4. The van der Waals surface area contributed by atoms with Gasteiger partial charge in [-0.25, -0.2) is 4.98 Å². The third kappa shape index (κ3) is 4.81. The van der Waals surface area contributed by atoms with E-state index in [1.54, 1.807) is 31.6 Å². The van der Waals surface area contributed by atoms with E-state index in [0.29, 0.717) is 11.5 Å². The predicted octanol–water partition coefficient (Wildman–Crippen LogP) is 4.86. The number of pyridine rings is 3. The van der Waals surface area contributed by atoms with Crippen molar-refractivity contribution in [1.82, 2.24) is 15.0 Å². The Bertz CT molecular complexity index is 1370. The van der Waals surface area contributed by atoms with Gasteiger partial charge >= 0.3 is 6.18 Å². The minimum Gasteiger partial charge on any atom is -0.373 e. The number of carbonyl (C=O) groups excluding carboxylic acids is 1. The van der Waals surface area contributed by atoms with E-state index < -0.39 is 18.1 Å². The molecule has 0 unspecified atom stereocenters. The fraction of sp³-hybridized carbons (Fsp3) is 0.167. The van der Waals surface area contributed by atoms with Gasteiger partial charge in [0, 0.05) is 48.3 Å². The van der Waals surface area contributed by atoms with Crippen LogP contribution in [0.2, 0.25) is 0 Å². The standard InChI is InChI=1S/C24H21F3N6O/c1-13-3-4-17(33-23(34)20-8-14(5-6-30-20)22(28)24(25,26)27)9-18(13)15-7-16-12-32-21(29-2)10-19(16)31-11-15/h3-12,22H,28H2,1-2H3,(H,29,32)(H,33,34)/t22-/m0/s1. The second-order valence-electron chi connectivity index (χ2n) is 7.71. The number of carbonyl (C=O) groups is 1. The van der Waals surface area contributed by atoms with Crippen molar-refractivity contribution in [2.24, 2.45) is 5.73 Å². The van der Waals surface area contributed by atoms with Gasteiger partial charge in [0.2, 0.25) is 0 Å². The molecule has 4 rings (SSSR count). The van der Waals surface area contributed by atoms with Gasteiger partial charge in [0.1, 0.15) is 17.6 Å². The molecule has 0 fully saturated rings. The molecule has 0 saturated carbocycles. The maximum Gasteiger partial charge on any atom is 0.407 e. The number of anilines is 2. The van der Waals surface area contributed by atoms with Crippen molar-refractivity contribution in [1.29, 1.82) is 0 Å². The van der Waals surface area contributed by atoms with Gasteiger partial charge in [-0.2, -0.15) is 13.2 Å². The molecule has 1 amide bonds. The van der Waals surface area contributed by atoms with Crippen molar-refractivity contribution in [2.75, 3.05) is 17.7 Å². The predicted molar refractivity (Wildman–Crippen MR) is 124 cm³/mol. The van der Waals surface area contributed by atoms with Crippen LogP contribution < -0.4 is 16.4 Å². The number of halogens is 3. The van der Waals surface area contributed by atoms with E-state index in [2.05, 4.69) is 25.6 Å². The second-order valence-corrected chi connectivity index (χ2v) is 7.71. The van der Waals surface area contributed by atoms with E-state index in [0.717, 1.165) is 45.9 Å². The smallest absolute Gasteiger partial charge is 0.373 e. The number of hydrogen-bond acceptors (Lipinski definition) is 6. The first kappa shape index (κ1) is 23.1. The molecule has 174 valence electrons. The zero-order valence-electron chi connectivity index (χ0n) is 18.3. The molecular weight excluding hydrogens is 445 g/mol. The van der Waals surface area contributed by atoms with E-state index in [4.69, 9.17) is 5.73 Å². The lowest BCUT2D eigenvalue weighted by Crippen LogP contribution is -2.28. The molecule has 0 aliphatic heterocycles. The molecule has 1 aromatic carbocycles. The minimum atomic E-state index is -4.63. The number of aryl methyl sites for hydroxylation is 1. The van der Waals surface area contributed by atoms with E-state index in [1.807, 2.05) is 25.1 Å². The van der Waals surface area contributed by atoms with Crippen molar-refractivity contribution < 1.29 is 18.0 Å². The molecule has 0 bridgehead atoms. The third-order valence-corrected chi connectivity index (χ3v) is 5.36. The number of alkyl halides is 3. The SMILES string of the molecule is CNc1cc2ncc(-c3cc(NC(=O)c4cc([C@H](N)C(F)(F)F)ccn4)ccc3C)cc2cn1. The largest absolute Gasteiger partial charge is 0.407 e. The van der Waals surface area contributed by atoms with Crippen molar-refractivity contribution in [3.63, 3.8) is 0 Å². The Hall–Kier alpha value is -4.05. The van der Waals surface area contributed by atoms with Crippen LogP contribution in [0.3, 0.4) is 0 Å². The Balaban J connectivity index is 1.61. The highest BCUT2D eigenvalue weighted by Gasteiger charge is 2.38. The highest BCUT2D eigenvalue weighted by molar-refractivity contribution is 6.03. The number of amides is 1. The summed E-state index contributed by atoms with van der Waals surface area (Å²) in [6, 6.07) is 9.09. The second kappa shape index (κ2) is 9.06. The molecule has 0 radical (unpaired) electrons. The summed E-state index contributed by atoms with van der Waals surface area (Å²) in [5.41, 5.74) is 8.71. The van der Waals surface area contributed by atoms with Gasteiger partial charge < -0.3 is 16.4 Å². The van der Waals surface area contributed by atoms with E-state index in [1.165, 1.54) is 0 Å². The average Bonchev–Trinajstić information content (AvgIpc) is 2.83. The van der Waals surface area contributed by atoms with Crippen LogP contribution in [-0.4, -0.2) is 34.1 Å². The number of hydrogen-bond donors (Lipinski definition) is 3. The number of benzene rings is 1. The van der Waals surface area contributed by atoms with Crippen LogP contribution >= 0.6 is 0 Å². The molecular formula is C24H21F3N6O. The zero-order valence-corrected chi connectivity index (χ0v) is 18.3. The van der Waals surface area contributed by atoms with Crippen LogP contribution in [0.4, 0.5) is 24.7 Å². The van der Waals surface area contributed by atoms with Crippen molar-refractivity contribution in [2.45, 2.75) is 19.1 Å². The van der Waals surface area contributed by atoms with Crippen molar-refractivity contribution in [3.05, 3.63) is 77.9 Å². The molecule has 10 heteroatoms. The summed E-state index contributed by atoms with van der Waals surface area (Å²) >= 11 is 0. The Morgan fingerprint density at radius 3 is 2.56 bits per heavy atom. The lowest BCUT2D eigenvalue weighted by atomic mass is 10.00. The number of nitrogens with two attached hydrogens (primary N) is 1. The molecule has 34 heavy (non-hydrogen) atoms. The average molecular weight is 466 g/mol. The van der Waals surface area contributed by atoms with Crippen LogP contribution in [0.5, 0.6) is 0 Å². The lowest BCUT2D eigenvalue weighted by molar-refractivity contribution is -0.149. The monoisotopic (exact) mass is 466 g/mol. The van der Waals surface area contributed by atoms with E-state index >= 15 is 0 Å². The first-order valence-corrected chi connectivity index (χ1v) is 10.3. The molecule has 4 aromatic rings. The quantitative estimate of drug-likeness (QED) is 0.388. The summed E-state index contributed by atoms with van der Waals surface area (Å²) < 4.78 is 38.8. The number of rotatable bonds is 5. The van der Waals surface area contributed by atoms with Gasteiger partial charge in [-0.1, -0.05) is 6.07 Å². The van der Waals surface area contributed by atoms with Crippen molar-refractivity contribution in [3.8, 4) is 11.1 Å². The molecule has 3 heterocycles. The molecule has 0 aliphatic carbocycles. The van der Waals surface area contributed by atoms with Gasteiger partial charge in [0.05, 0.1) is 5.52 Å². The van der Waals surface area contributed by atoms with E-state index in [-0.39, 0.29) is 11.3 Å². The fourth-order valence-corrected chi connectivity index (χ4v) is 3.47. The molecule has 7 nitrogen and oxygen atoms in total. The maximum atomic E-state index is 12.9. The Morgan fingerprint density at radius 2 is 1.82 bits per heavy atom. The number of nitrogens with zero attached hydrogens (tertiary/aromatic N) is 3. The topological polar surface area (TPSA) is 106 Å². The summed E-state index contributed by atoms with van der Waals surface area (Å²) in [4.78, 5) is 25.4. The fourth-order valence-electron chi connectivity index (χ4n) is 3.47. The highest BCUT2D eigenvalue weighted by Crippen LogP contribution is 2.31. The summed E-state index contributed by atoms with van der Waals surface area (Å²) in [6.07, 6.45) is -0.0358. The minimum absolute atomic E-state index is 0.168. The van der Waals surface area contributed by atoms with Gasteiger partial charge in [-0.15, -0.1) is 0 Å². The molecule has 3 aromatic heterocycles. The lowest BCUT2D eigenvalue weighted by Gasteiger charge is -2.16. The maximum absolute atomic E-state index is 12.9. The number of fused-ring (bicyclic) bond motifs is 1. The molecule has 0 spiro atoms. The molecule has 0 aliphatic rings. The van der Waals surface area contributed by atoms with Crippen LogP contribution in [-0.2, 0) is 0 Å². The van der Waals surface area contributed by atoms with Crippen LogP contribution in [0.25, 0.3) is 22.0 Å². The highest BCUT2D eigenvalue weighted by atomic mass is 19.4. The summed E-state index contributed by atoms with van der Waals surface area (Å²) in [6.45, 7) is 1.93. The van der Waals surface area contributed by atoms with Gasteiger partial charge in [0.25, 0.3) is 5.91 Å². The third-order valence-electron chi connectivity index (χ3n) is 5.36. The number of nitrogens with one attached hydrogen (secondary N) is 2. The summed E-state index contributed by atoms with van der Waals surface area (Å²) in [7, 11) is 1.78. The van der Waals surface area contributed by atoms with Crippen molar-refractivity contribution >= 4 is 28.3 Å². The number of aromatic nitrogens is 3. The Labute approximate surface area is 193 Å². The van der Waals surface area contributed by atoms with Gasteiger partial charge in [-0.05, 0) is 53.9 Å². The Morgan fingerprint density at radius 1 is 1.03 bits per heavy atom. The summed E-state index contributed by atoms with van der Waals surface area (Å²) in [5.74, 6) is 0.0639. The molecule has 1 atom stereocenters. The molecule has 0 saturated heterocycles. The summed E-state index contributed by atoms with van der Waals surface area (Å²) in [5, 5.41) is 6.51.